The molecule has 0 aromatic carbocycles. The van der Waals surface area contributed by atoms with Crippen LogP contribution in [0.15, 0.2) is 12.2 Å². The maximum Gasteiger partial charge on any atom is 0.248 e. The van der Waals surface area contributed by atoms with Crippen molar-refractivity contribution in [1.82, 2.24) is 0 Å². The molecule has 1 nitrogen and oxygen atoms in total. The number of ketones is 1. The third kappa shape index (κ3) is 8.12. The Kier molecular flexibility index (Phi) is 7.25. The van der Waals surface area contributed by atoms with E-state index in [2.05, 4.69) is 6.92 Å². The van der Waals surface area contributed by atoms with Crippen molar-refractivity contribution in [2.45, 2.75) is 77.1 Å². The number of carbonyl (C=O) groups excluding carboxylic acids is 1. The molecule has 0 N–H and O–H groups in total. The van der Waals surface area contributed by atoms with Gasteiger partial charge in [0, 0.05) is 25.7 Å². The minimum Gasteiger partial charge on any atom is -0.300 e. The van der Waals surface area contributed by atoms with Crippen LogP contribution in [-0.4, -0.2) is 11.7 Å². The van der Waals surface area contributed by atoms with Crippen LogP contribution < -0.4 is 0 Å². The molecule has 110 valence electrons. The van der Waals surface area contributed by atoms with E-state index in [0.29, 0.717) is 31.6 Å². The standard InChI is InChI=1S/C16H26F2O/c1-14-9-5-2-3-7-11-16(17,18)12-8-4-6-10-15(19)13-14/h2-3,14H,4-13H2,1H3/b3-2-/t14-/m1/s1. The fraction of sp³-hybridized carbons (Fsp3) is 0.812. The average molecular weight is 272 g/mol. The van der Waals surface area contributed by atoms with Gasteiger partial charge in [0.15, 0.2) is 0 Å². The van der Waals surface area contributed by atoms with Crippen molar-refractivity contribution < 1.29 is 13.6 Å². The molecule has 0 bridgehead atoms. The van der Waals surface area contributed by atoms with Gasteiger partial charge in [-0.25, -0.2) is 8.78 Å². The summed E-state index contributed by atoms with van der Waals surface area (Å²) in [6.07, 6.45) is 9.32. The molecule has 0 heterocycles. The van der Waals surface area contributed by atoms with Gasteiger partial charge in [0.1, 0.15) is 5.78 Å². The monoisotopic (exact) mass is 272 g/mol. The fourth-order valence-corrected chi connectivity index (χ4v) is 2.51. The lowest BCUT2D eigenvalue weighted by Gasteiger charge is -2.14. The lowest BCUT2D eigenvalue weighted by atomic mass is 9.96. The number of halogens is 2. The van der Waals surface area contributed by atoms with Crippen LogP contribution in [0.3, 0.4) is 0 Å². The first-order valence-electron chi connectivity index (χ1n) is 7.54. The molecule has 3 heteroatoms. The highest BCUT2D eigenvalue weighted by Crippen LogP contribution is 2.28. The van der Waals surface area contributed by atoms with Crippen LogP contribution in [0.2, 0.25) is 0 Å². The molecule has 0 spiro atoms. The van der Waals surface area contributed by atoms with Crippen molar-refractivity contribution in [3.63, 3.8) is 0 Å². The Bertz CT molecular complexity index is 297. The first-order chi connectivity index (χ1) is 8.99. The van der Waals surface area contributed by atoms with Crippen molar-refractivity contribution >= 4 is 5.78 Å². The van der Waals surface area contributed by atoms with E-state index in [0.717, 1.165) is 25.7 Å². The van der Waals surface area contributed by atoms with Crippen LogP contribution in [0.1, 0.15) is 71.1 Å². The Balaban J connectivity index is 2.46. The first-order valence-corrected chi connectivity index (χ1v) is 7.54. The zero-order chi connectivity index (χ0) is 14.1. The molecule has 0 radical (unpaired) electrons. The summed E-state index contributed by atoms with van der Waals surface area (Å²) in [5, 5.41) is 0. The van der Waals surface area contributed by atoms with E-state index in [1.54, 1.807) is 0 Å². The number of carbonyl (C=O) groups is 1. The van der Waals surface area contributed by atoms with Gasteiger partial charge in [-0.1, -0.05) is 25.5 Å². The average Bonchev–Trinajstić information content (AvgIpc) is 2.32. The molecule has 1 rings (SSSR count). The van der Waals surface area contributed by atoms with E-state index in [1.807, 2.05) is 12.2 Å². The van der Waals surface area contributed by atoms with Crippen LogP contribution >= 0.6 is 0 Å². The van der Waals surface area contributed by atoms with Crippen molar-refractivity contribution in [3.8, 4) is 0 Å². The molecule has 0 saturated carbocycles. The molecule has 1 aliphatic rings. The summed E-state index contributed by atoms with van der Waals surface area (Å²) in [6, 6.07) is 0. The van der Waals surface area contributed by atoms with E-state index in [9.17, 15) is 13.6 Å². The van der Waals surface area contributed by atoms with Gasteiger partial charge in [0.25, 0.3) is 0 Å². The van der Waals surface area contributed by atoms with E-state index < -0.39 is 5.92 Å². The maximum atomic E-state index is 13.5. The summed E-state index contributed by atoms with van der Waals surface area (Å²) >= 11 is 0. The molecule has 0 aliphatic heterocycles. The molecule has 0 saturated heterocycles. The number of hydrogen-bond donors (Lipinski definition) is 0. The summed E-state index contributed by atoms with van der Waals surface area (Å²) in [4.78, 5) is 11.7. The smallest absolute Gasteiger partial charge is 0.248 e. The summed E-state index contributed by atoms with van der Waals surface area (Å²) in [5.41, 5.74) is 0. The third-order valence-corrected chi connectivity index (χ3v) is 3.74. The lowest BCUT2D eigenvalue weighted by molar-refractivity contribution is -0.120. The summed E-state index contributed by atoms with van der Waals surface area (Å²) in [6.45, 7) is 2.10. The second-order valence-electron chi connectivity index (χ2n) is 5.85. The predicted molar refractivity (Wildman–Crippen MR) is 74.4 cm³/mol. The molecule has 0 fully saturated rings. The summed E-state index contributed by atoms with van der Waals surface area (Å²) in [7, 11) is 0. The highest BCUT2D eigenvalue weighted by atomic mass is 19.3. The van der Waals surface area contributed by atoms with E-state index >= 15 is 0 Å². The Morgan fingerprint density at radius 1 is 1.11 bits per heavy atom. The number of hydrogen-bond acceptors (Lipinski definition) is 1. The Hall–Kier alpha value is -0.730. The third-order valence-electron chi connectivity index (χ3n) is 3.74. The van der Waals surface area contributed by atoms with Crippen LogP contribution in [0.4, 0.5) is 8.78 Å². The van der Waals surface area contributed by atoms with Crippen LogP contribution in [0.5, 0.6) is 0 Å². The van der Waals surface area contributed by atoms with Gasteiger partial charge in [-0.2, -0.15) is 0 Å². The summed E-state index contributed by atoms with van der Waals surface area (Å²) in [5.74, 6) is -1.84. The quantitative estimate of drug-likeness (QED) is 0.547. The minimum atomic E-state index is -2.54. The number of rotatable bonds is 0. The molecule has 0 aromatic heterocycles. The SMILES string of the molecule is C[C@@H]1CC/C=C\CCC(F)(F)CCCCCC(=O)C1. The Morgan fingerprint density at radius 3 is 2.63 bits per heavy atom. The maximum absolute atomic E-state index is 13.5. The topological polar surface area (TPSA) is 17.1 Å². The van der Waals surface area contributed by atoms with Crippen molar-refractivity contribution in [1.29, 1.82) is 0 Å². The van der Waals surface area contributed by atoms with Gasteiger partial charge in [-0.3, -0.25) is 4.79 Å². The van der Waals surface area contributed by atoms with Crippen LogP contribution in [0, 0.1) is 5.92 Å². The first kappa shape index (κ1) is 16.3. The van der Waals surface area contributed by atoms with E-state index in [-0.39, 0.29) is 18.6 Å². The van der Waals surface area contributed by atoms with E-state index in [4.69, 9.17) is 0 Å². The minimum absolute atomic E-state index is 0.0363. The van der Waals surface area contributed by atoms with Crippen LogP contribution in [0.25, 0.3) is 0 Å². The molecular weight excluding hydrogens is 246 g/mol. The van der Waals surface area contributed by atoms with Gasteiger partial charge in [0.05, 0.1) is 0 Å². The summed E-state index contributed by atoms with van der Waals surface area (Å²) < 4.78 is 27.0. The molecule has 0 unspecified atom stereocenters. The van der Waals surface area contributed by atoms with Gasteiger partial charge >= 0.3 is 0 Å². The largest absolute Gasteiger partial charge is 0.300 e. The van der Waals surface area contributed by atoms with Gasteiger partial charge in [-0.05, 0) is 38.0 Å². The second-order valence-corrected chi connectivity index (χ2v) is 5.85. The molecule has 0 aromatic rings. The number of alkyl halides is 2. The fourth-order valence-electron chi connectivity index (χ4n) is 2.51. The van der Waals surface area contributed by atoms with Crippen molar-refractivity contribution in [3.05, 3.63) is 12.2 Å². The Morgan fingerprint density at radius 2 is 1.84 bits per heavy atom. The van der Waals surface area contributed by atoms with Gasteiger partial charge < -0.3 is 0 Å². The number of Topliss-reactive ketones (excluding diaryl/α,β-unsaturated/α-hetero) is 1. The highest BCUT2D eigenvalue weighted by Gasteiger charge is 2.26. The predicted octanol–water partition coefficient (Wildman–Crippen LogP) is 5.30. The highest BCUT2D eigenvalue weighted by molar-refractivity contribution is 5.78. The van der Waals surface area contributed by atoms with Crippen molar-refractivity contribution in [2.24, 2.45) is 5.92 Å². The normalized spacial score (nSPS) is 29.2. The molecule has 0 amide bonds. The van der Waals surface area contributed by atoms with E-state index in [1.165, 1.54) is 0 Å². The van der Waals surface area contributed by atoms with Gasteiger partial charge in [-0.15, -0.1) is 0 Å². The van der Waals surface area contributed by atoms with Crippen LogP contribution in [-0.2, 0) is 4.79 Å². The zero-order valence-corrected chi connectivity index (χ0v) is 12.0. The molecular formula is C16H26F2O. The molecule has 19 heavy (non-hydrogen) atoms. The second kappa shape index (κ2) is 8.44. The van der Waals surface area contributed by atoms with Crippen molar-refractivity contribution in [2.75, 3.05) is 0 Å². The lowest BCUT2D eigenvalue weighted by Crippen LogP contribution is -2.15. The number of allylic oxidation sites excluding steroid dienone is 2. The molecule has 1 atom stereocenters. The van der Waals surface area contributed by atoms with Gasteiger partial charge in [0.2, 0.25) is 5.92 Å². The Labute approximate surface area is 115 Å². The zero-order valence-electron chi connectivity index (χ0n) is 12.0. The molecule has 1 aliphatic carbocycles.